The van der Waals surface area contributed by atoms with Gasteiger partial charge in [-0.1, -0.05) is 60.7 Å². The Morgan fingerprint density at radius 1 is 0.692 bits per heavy atom. The lowest BCUT2D eigenvalue weighted by atomic mass is 10.2. The molecular formula is C22H16N4. The van der Waals surface area contributed by atoms with E-state index in [2.05, 4.69) is 50.9 Å². The molecule has 0 fully saturated rings. The minimum absolute atomic E-state index is 0.733. The molecule has 0 aliphatic rings. The number of nitrogens with zero attached hydrogens (tertiary/aromatic N) is 4. The molecule has 0 atom stereocenters. The Balaban J connectivity index is 1.83. The van der Waals surface area contributed by atoms with Gasteiger partial charge in [-0.25, -0.2) is 4.98 Å². The zero-order chi connectivity index (χ0) is 17.3. The Morgan fingerprint density at radius 2 is 1.38 bits per heavy atom. The molecular weight excluding hydrogens is 320 g/mol. The van der Waals surface area contributed by atoms with Crippen LogP contribution in [0.25, 0.3) is 33.5 Å². The van der Waals surface area contributed by atoms with Gasteiger partial charge >= 0.3 is 0 Å². The van der Waals surface area contributed by atoms with Gasteiger partial charge in [-0.05, 0) is 17.7 Å². The summed E-state index contributed by atoms with van der Waals surface area (Å²) in [6.45, 7) is 0.733. The van der Waals surface area contributed by atoms with Crippen molar-refractivity contribution < 1.29 is 0 Å². The van der Waals surface area contributed by atoms with E-state index in [1.807, 2.05) is 36.4 Å². The van der Waals surface area contributed by atoms with Gasteiger partial charge in [0, 0.05) is 24.5 Å². The van der Waals surface area contributed by atoms with E-state index in [1.54, 1.807) is 12.4 Å². The highest BCUT2D eigenvalue weighted by Gasteiger charge is 2.16. The average Bonchev–Trinajstić information content (AvgIpc) is 3.08. The van der Waals surface area contributed by atoms with E-state index >= 15 is 0 Å². The molecule has 0 amide bonds. The fourth-order valence-corrected chi connectivity index (χ4v) is 3.38. The largest absolute Gasteiger partial charge is 0.318 e. The minimum atomic E-state index is 0.733. The Labute approximate surface area is 150 Å². The molecule has 0 saturated carbocycles. The Kier molecular flexibility index (Phi) is 3.46. The van der Waals surface area contributed by atoms with E-state index in [9.17, 15) is 0 Å². The van der Waals surface area contributed by atoms with Crippen molar-refractivity contribution >= 4 is 22.1 Å². The van der Waals surface area contributed by atoms with Gasteiger partial charge in [0.25, 0.3) is 0 Å². The van der Waals surface area contributed by atoms with Crippen LogP contribution in [-0.4, -0.2) is 19.5 Å². The minimum Gasteiger partial charge on any atom is -0.318 e. The van der Waals surface area contributed by atoms with Crippen molar-refractivity contribution in [3.8, 4) is 11.4 Å². The van der Waals surface area contributed by atoms with Crippen molar-refractivity contribution in [2.75, 3.05) is 0 Å². The van der Waals surface area contributed by atoms with Crippen molar-refractivity contribution in [1.29, 1.82) is 0 Å². The van der Waals surface area contributed by atoms with Crippen LogP contribution in [0.4, 0.5) is 0 Å². The molecule has 5 rings (SSSR count). The van der Waals surface area contributed by atoms with Crippen LogP contribution in [-0.2, 0) is 6.54 Å². The summed E-state index contributed by atoms with van der Waals surface area (Å²) in [6, 6.07) is 24.7. The molecule has 124 valence electrons. The molecule has 0 bridgehead atoms. The van der Waals surface area contributed by atoms with Gasteiger partial charge in [0.15, 0.2) is 0 Å². The summed E-state index contributed by atoms with van der Waals surface area (Å²) >= 11 is 0. The quantitative estimate of drug-likeness (QED) is 0.480. The number of hydrogen-bond acceptors (Lipinski definition) is 3. The first-order valence-electron chi connectivity index (χ1n) is 8.59. The molecule has 0 aliphatic heterocycles. The van der Waals surface area contributed by atoms with E-state index < -0.39 is 0 Å². The third-order valence-electron chi connectivity index (χ3n) is 4.56. The first-order chi connectivity index (χ1) is 12.9. The Bertz CT molecular complexity index is 1190. The number of hydrogen-bond donors (Lipinski definition) is 0. The zero-order valence-electron chi connectivity index (χ0n) is 14.1. The van der Waals surface area contributed by atoms with Gasteiger partial charge in [0.05, 0.1) is 16.6 Å². The van der Waals surface area contributed by atoms with E-state index in [0.29, 0.717) is 0 Å². The van der Waals surface area contributed by atoms with Crippen LogP contribution in [0.1, 0.15) is 5.56 Å². The lowest BCUT2D eigenvalue weighted by molar-refractivity contribution is 0.836. The topological polar surface area (TPSA) is 43.6 Å². The van der Waals surface area contributed by atoms with Crippen LogP contribution < -0.4 is 0 Å². The summed E-state index contributed by atoms with van der Waals surface area (Å²) in [5.74, 6) is 0.947. The molecule has 0 spiro atoms. The fraction of sp³-hybridized carbons (Fsp3) is 0.0455. The zero-order valence-corrected chi connectivity index (χ0v) is 14.1. The van der Waals surface area contributed by atoms with E-state index in [4.69, 9.17) is 4.98 Å². The first-order valence-corrected chi connectivity index (χ1v) is 8.59. The summed E-state index contributed by atoms with van der Waals surface area (Å²) in [5.41, 5.74) is 6.05. The maximum atomic E-state index is 4.92. The maximum absolute atomic E-state index is 4.92. The molecule has 0 N–H and O–H groups in total. The normalized spacial score (nSPS) is 11.2. The van der Waals surface area contributed by atoms with Crippen LogP contribution in [0.5, 0.6) is 0 Å². The van der Waals surface area contributed by atoms with Gasteiger partial charge in [0.2, 0.25) is 0 Å². The van der Waals surface area contributed by atoms with Gasteiger partial charge in [-0.2, -0.15) is 0 Å². The molecule has 2 aromatic heterocycles. The second-order valence-corrected chi connectivity index (χ2v) is 6.23. The molecule has 26 heavy (non-hydrogen) atoms. The van der Waals surface area contributed by atoms with Crippen LogP contribution in [0.15, 0.2) is 85.2 Å². The molecule has 0 saturated heterocycles. The molecule has 0 unspecified atom stereocenters. The number of aromatic nitrogens is 4. The van der Waals surface area contributed by atoms with Crippen molar-refractivity contribution in [3.05, 3.63) is 90.8 Å². The van der Waals surface area contributed by atoms with Crippen molar-refractivity contribution in [1.82, 2.24) is 19.5 Å². The third-order valence-corrected chi connectivity index (χ3v) is 4.56. The highest BCUT2D eigenvalue weighted by atomic mass is 15.1. The molecule has 4 nitrogen and oxygen atoms in total. The third kappa shape index (κ3) is 2.43. The highest BCUT2D eigenvalue weighted by Crippen LogP contribution is 2.29. The lowest BCUT2D eigenvalue weighted by Gasteiger charge is -2.10. The van der Waals surface area contributed by atoms with Gasteiger partial charge in [0.1, 0.15) is 11.3 Å². The molecule has 0 radical (unpaired) electrons. The predicted molar refractivity (Wildman–Crippen MR) is 104 cm³/mol. The summed E-state index contributed by atoms with van der Waals surface area (Å²) in [5, 5.41) is 0. The molecule has 4 heteroatoms. The predicted octanol–water partition coefficient (Wildman–Crippen LogP) is 4.69. The number of fused-ring (bicyclic) bond motifs is 3. The second-order valence-electron chi connectivity index (χ2n) is 6.23. The van der Waals surface area contributed by atoms with Crippen LogP contribution >= 0.6 is 0 Å². The van der Waals surface area contributed by atoms with Crippen molar-refractivity contribution in [2.45, 2.75) is 6.54 Å². The molecule has 0 aliphatic carbocycles. The van der Waals surface area contributed by atoms with Crippen molar-refractivity contribution in [3.63, 3.8) is 0 Å². The van der Waals surface area contributed by atoms with E-state index in [1.165, 1.54) is 5.56 Å². The van der Waals surface area contributed by atoms with E-state index in [-0.39, 0.29) is 0 Å². The lowest BCUT2D eigenvalue weighted by Crippen LogP contribution is -2.03. The fourth-order valence-electron chi connectivity index (χ4n) is 3.38. The van der Waals surface area contributed by atoms with Crippen LogP contribution in [0.3, 0.4) is 0 Å². The van der Waals surface area contributed by atoms with Gasteiger partial charge < -0.3 is 4.57 Å². The summed E-state index contributed by atoms with van der Waals surface area (Å²) < 4.78 is 2.25. The van der Waals surface area contributed by atoms with Gasteiger partial charge in [-0.15, -0.1) is 0 Å². The maximum Gasteiger partial charge on any atom is 0.141 e. The number of benzene rings is 3. The second kappa shape index (κ2) is 6.08. The average molecular weight is 336 g/mol. The molecule has 3 aromatic carbocycles. The number of rotatable bonds is 3. The van der Waals surface area contributed by atoms with Crippen molar-refractivity contribution in [2.24, 2.45) is 0 Å². The highest BCUT2D eigenvalue weighted by molar-refractivity contribution is 6.01. The first kappa shape index (κ1) is 14.8. The summed E-state index contributed by atoms with van der Waals surface area (Å²) in [7, 11) is 0. The summed E-state index contributed by atoms with van der Waals surface area (Å²) in [4.78, 5) is 14.0. The monoisotopic (exact) mass is 336 g/mol. The smallest absolute Gasteiger partial charge is 0.141 e. The van der Waals surface area contributed by atoms with Crippen LogP contribution in [0, 0.1) is 0 Å². The number of imidazole rings is 1. The molecule has 2 heterocycles. The van der Waals surface area contributed by atoms with Crippen LogP contribution in [0.2, 0.25) is 0 Å². The standard InChI is InChI=1S/C22H16N4/c1-3-7-16(8-4-1)15-26-21-19(12-11-18-20(21)24-14-13-23-18)25-22(26)17-9-5-2-6-10-17/h1-14H,15H2. The van der Waals surface area contributed by atoms with E-state index in [0.717, 1.165) is 40.0 Å². The Morgan fingerprint density at radius 3 is 2.19 bits per heavy atom. The SMILES string of the molecule is c1ccc(Cn2c(-c3ccccc3)nc3ccc4nccnc4c32)cc1. The summed E-state index contributed by atoms with van der Waals surface area (Å²) in [6.07, 6.45) is 3.47. The molecule has 5 aromatic rings. The van der Waals surface area contributed by atoms with Gasteiger partial charge in [-0.3, -0.25) is 9.97 Å². The Hall–Kier alpha value is -3.53.